The van der Waals surface area contributed by atoms with E-state index in [0.717, 1.165) is 11.5 Å². The lowest BCUT2D eigenvalue weighted by Crippen LogP contribution is -2.32. The minimum atomic E-state index is -0.464. The molecule has 0 N–H and O–H groups in total. The monoisotopic (exact) mass is 640 g/mol. The number of para-hydroxylation sites is 1. The average molecular weight is 641 g/mol. The van der Waals surface area contributed by atoms with Crippen LogP contribution in [0.4, 0.5) is 0 Å². The Bertz CT molecular complexity index is 2470. The molecule has 3 aliphatic carbocycles. The van der Waals surface area contributed by atoms with Gasteiger partial charge in [0.15, 0.2) is 0 Å². The zero-order chi connectivity index (χ0) is 32.9. The van der Waals surface area contributed by atoms with Crippen molar-refractivity contribution >= 4 is 0 Å². The van der Waals surface area contributed by atoms with Crippen molar-refractivity contribution in [3.63, 3.8) is 0 Å². The van der Waals surface area contributed by atoms with E-state index in [1.807, 2.05) is 0 Å². The number of benzene rings is 7. The average Bonchev–Trinajstić information content (AvgIpc) is 3.63. The molecule has 11 rings (SSSR count). The van der Waals surface area contributed by atoms with E-state index >= 15 is 0 Å². The Kier molecular flexibility index (Phi) is 5.88. The van der Waals surface area contributed by atoms with Gasteiger partial charge >= 0.3 is 0 Å². The Hall–Kier alpha value is -5.66. The first kappa shape index (κ1) is 28.2. The van der Waals surface area contributed by atoms with Gasteiger partial charge in [-0.3, -0.25) is 0 Å². The lowest BCUT2D eigenvalue weighted by molar-refractivity contribution is 0.353. The van der Waals surface area contributed by atoms with Crippen LogP contribution in [0.1, 0.15) is 65.5 Å². The molecule has 4 aliphatic rings. The van der Waals surface area contributed by atoms with Gasteiger partial charge < -0.3 is 4.74 Å². The SMILES string of the molecule is c1cc(-c2ccc3c(c2)C2(CCCCC2)c2ccccc2-3)cc(-c2ccc3c(c2)C2(c4ccccc4O3)c3ccccc3-c3ccccc32)c1. The summed E-state index contributed by atoms with van der Waals surface area (Å²) in [6.45, 7) is 0. The van der Waals surface area contributed by atoms with Crippen molar-refractivity contribution in [2.75, 3.05) is 0 Å². The lowest BCUT2D eigenvalue weighted by Gasteiger charge is -2.39. The van der Waals surface area contributed by atoms with Gasteiger partial charge in [-0.2, -0.15) is 0 Å². The van der Waals surface area contributed by atoms with Gasteiger partial charge in [0, 0.05) is 16.5 Å². The third-order valence-corrected chi connectivity index (χ3v) is 12.4. The van der Waals surface area contributed by atoms with Crippen LogP contribution in [-0.2, 0) is 10.8 Å². The van der Waals surface area contributed by atoms with E-state index in [0.29, 0.717) is 0 Å². The van der Waals surface area contributed by atoms with E-state index in [1.165, 1.54) is 104 Å². The van der Waals surface area contributed by atoms with Gasteiger partial charge in [0.25, 0.3) is 0 Å². The van der Waals surface area contributed by atoms with Crippen LogP contribution in [0.2, 0.25) is 0 Å². The van der Waals surface area contributed by atoms with Crippen LogP contribution in [0.25, 0.3) is 44.5 Å². The number of rotatable bonds is 2. The Morgan fingerprint density at radius 2 is 0.840 bits per heavy atom. The van der Waals surface area contributed by atoms with E-state index in [4.69, 9.17) is 4.74 Å². The summed E-state index contributed by atoms with van der Waals surface area (Å²) >= 11 is 0. The maximum atomic E-state index is 6.70. The molecule has 238 valence electrons. The normalized spacial score (nSPS) is 16.5. The fraction of sp³-hybridized carbons (Fsp3) is 0.143. The molecular weight excluding hydrogens is 605 g/mol. The summed E-state index contributed by atoms with van der Waals surface area (Å²) in [6, 6.07) is 58.9. The fourth-order valence-electron chi connectivity index (χ4n) is 10.2. The van der Waals surface area contributed by atoms with Crippen LogP contribution in [-0.4, -0.2) is 0 Å². The molecule has 1 nitrogen and oxygen atoms in total. The molecule has 1 heterocycles. The molecule has 2 spiro atoms. The minimum Gasteiger partial charge on any atom is -0.457 e. The molecule has 7 aromatic carbocycles. The smallest absolute Gasteiger partial charge is 0.132 e. The maximum absolute atomic E-state index is 6.70. The van der Waals surface area contributed by atoms with E-state index in [2.05, 4.69) is 158 Å². The highest BCUT2D eigenvalue weighted by Gasteiger charge is 2.51. The number of hydrogen-bond donors (Lipinski definition) is 0. The van der Waals surface area contributed by atoms with Crippen molar-refractivity contribution in [1.82, 2.24) is 0 Å². The highest BCUT2D eigenvalue weighted by molar-refractivity contribution is 5.90. The molecule has 0 radical (unpaired) electrons. The quantitative estimate of drug-likeness (QED) is 0.183. The van der Waals surface area contributed by atoms with Crippen LogP contribution < -0.4 is 4.74 Å². The van der Waals surface area contributed by atoms with Crippen LogP contribution >= 0.6 is 0 Å². The fourth-order valence-corrected chi connectivity index (χ4v) is 10.2. The molecule has 1 saturated carbocycles. The van der Waals surface area contributed by atoms with Gasteiger partial charge in [0.05, 0.1) is 5.41 Å². The van der Waals surface area contributed by atoms with Crippen LogP contribution in [0.15, 0.2) is 158 Å². The van der Waals surface area contributed by atoms with Crippen molar-refractivity contribution in [3.05, 3.63) is 191 Å². The summed E-state index contributed by atoms with van der Waals surface area (Å²) < 4.78 is 6.70. The van der Waals surface area contributed by atoms with Crippen molar-refractivity contribution in [2.45, 2.75) is 42.9 Å². The highest BCUT2D eigenvalue weighted by Crippen LogP contribution is 2.62. The Morgan fingerprint density at radius 1 is 0.340 bits per heavy atom. The molecule has 0 aromatic heterocycles. The summed E-state index contributed by atoms with van der Waals surface area (Å²) in [5, 5.41) is 0. The molecule has 0 saturated heterocycles. The molecule has 0 atom stereocenters. The molecule has 0 amide bonds. The minimum absolute atomic E-state index is 0.148. The summed E-state index contributed by atoms with van der Waals surface area (Å²) in [5.74, 6) is 1.85. The van der Waals surface area contributed by atoms with E-state index in [-0.39, 0.29) is 5.41 Å². The maximum Gasteiger partial charge on any atom is 0.132 e. The van der Waals surface area contributed by atoms with Crippen LogP contribution in [0, 0.1) is 0 Å². The lowest BCUT2D eigenvalue weighted by atomic mass is 9.66. The van der Waals surface area contributed by atoms with Crippen molar-refractivity contribution < 1.29 is 4.74 Å². The van der Waals surface area contributed by atoms with Crippen LogP contribution in [0.3, 0.4) is 0 Å². The molecule has 1 aliphatic heterocycles. The van der Waals surface area contributed by atoms with E-state index in [9.17, 15) is 0 Å². The number of hydrogen-bond acceptors (Lipinski definition) is 1. The molecule has 1 heteroatoms. The third-order valence-electron chi connectivity index (χ3n) is 12.4. The van der Waals surface area contributed by atoms with Crippen molar-refractivity contribution in [1.29, 1.82) is 0 Å². The van der Waals surface area contributed by atoms with Gasteiger partial charge in [0.1, 0.15) is 11.5 Å². The molecular formula is C49H36O. The zero-order valence-electron chi connectivity index (χ0n) is 28.0. The first-order valence-corrected chi connectivity index (χ1v) is 18.2. The Labute approximate surface area is 293 Å². The van der Waals surface area contributed by atoms with E-state index in [1.54, 1.807) is 5.56 Å². The van der Waals surface area contributed by atoms with Gasteiger partial charge in [-0.1, -0.05) is 147 Å². The predicted molar refractivity (Wildman–Crippen MR) is 204 cm³/mol. The first-order chi connectivity index (χ1) is 24.8. The summed E-state index contributed by atoms with van der Waals surface area (Å²) in [4.78, 5) is 0. The van der Waals surface area contributed by atoms with Gasteiger partial charge in [0.2, 0.25) is 0 Å². The molecule has 7 aromatic rings. The van der Waals surface area contributed by atoms with Crippen molar-refractivity contribution in [3.8, 4) is 56.0 Å². The topological polar surface area (TPSA) is 9.23 Å². The summed E-state index contributed by atoms with van der Waals surface area (Å²) in [6.07, 6.45) is 6.44. The predicted octanol–water partition coefficient (Wildman–Crippen LogP) is 12.7. The van der Waals surface area contributed by atoms with Gasteiger partial charge in [-0.25, -0.2) is 0 Å². The van der Waals surface area contributed by atoms with Crippen molar-refractivity contribution in [2.24, 2.45) is 0 Å². The molecule has 0 bridgehead atoms. The second-order valence-electron chi connectivity index (χ2n) is 14.7. The standard InChI is InChI=1S/C49H36O/c1-10-27-48(28-11-1)40-18-5-2-15-36(40)39-25-23-34(30-44(39)48)32-13-12-14-33(29-32)35-24-26-47-45(31-35)49(43-21-8-9-22-46(43)50-47)41-19-6-3-16-37(41)38-17-4-7-20-42(38)49/h2-9,12-26,29-31H,1,10-11,27-28H2. The summed E-state index contributed by atoms with van der Waals surface area (Å²) in [5.41, 5.74) is 18.2. The van der Waals surface area contributed by atoms with Gasteiger partial charge in [-0.15, -0.1) is 0 Å². The highest BCUT2D eigenvalue weighted by atomic mass is 16.5. The zero-order valence-corrected chi connectivity index (χ0v) is 28.0. The molecule has 50 heavy (non-hydrogen) atoms. The first-order valence-electron chi connectivity index (χ1n) is 18.2. The Morgan fingerprint density at radius 3 is 1.54 bits per heavy atom. The number of fused-ring (bicyclic) bond motifs is 14. The number of ether oxygens (including phenoxy) is 1. The largest absolute Gasteiger partial charge is 0.457 e. The third kappa shape index (κ3) is 3.67. The second kappa shape index (κ2) is 10.4. The summed E-state index contributed by atoms with van der Waals surface area (Å²) in [7, 11) is 0. The van der Waals surface area contributed by atoms with Gasteiger partial charge in [-0.05, 0) is 110 Å². The molecule has 1 fully saturated rings. The molecule has 0 unspecified atom stereocenters. The second-order valence-corrected chi connectivity index (χ2v) is 14.7. The van der Waals surface area contributed by atoms with E-state index < -0.39 is 5.41 Å². The Balaban J connectivity index is 1.07. The van der Waals surface area contributed by atoms with Crippen LogP contribution in [0.5, 0.6) is 11.5 Å².